The Kier molecular flexibility index (Phi) is 8.18. The third kappa shape index (κ3) is 4.73. The van der Waals surface area contributed by atoms with Crippen molar-refractivity contribution in [2.24, 2.45) is 14.1 Å². The number of ether oxygens (including phenoxy) is 1. The summed E-state index contributed by atoms with van der Waals surface area (Å²) in [7, 11) is 3.61. The van der Waals surface area contributed by atoms with E-state index in [4.69, 9.17) is 9.72 Å². The molecule has 0 aromatic heterocycles. The maximum Gasteiger partial charge on any atom is 0.329 e. The topological polar surface area (TPSA) is 49.1 Å². The normalized spacial score (nSPS) is 12.6. The van der Waals surface area contributed by atoms with E-state index >= 15 is 0 Å². The minimum Gasteiger partial charge on any atom is -0.381 e. The van der Waals surface area contributed by atoms with Crippen LogP contribution in [-0.2, 0) is 31.7 Å². The van der Waals surface area contributed by atoms with Gasteiger partial charge < -0.3 is 4.74 Å². The highest BCUT2D eigenvalue weighted by atomic mass is 16.5. The summed E-state index contributed by atoms with van der Waals surface area (Å²) < 4.78 is 9.06. The fraction of sp³-hybridized carbons (Fsp3) is 0.440. The molecule has 0 spiro atoms. The first kappa shape index (κ1) is 23.6. The average Bonchev–Trinajstić information content (AvgIpc) is 3.07. The van der Waals surface area contributed by atoms with Gasteiger partial charge in [0.25, 0.3) is 0 Å². The molecule has 30 heavy (non-hydrogen) atoms. The molecule has 1 aromatic rings. The molecule has 162 valence electrons. The number of hydrogen-bond donors (Lipinski definition) is 0. The molecule has 2 aliphatic rings. The van der Waals surface area contributed by atoms with Gasteiger partial charge in [-0.3, -0.25) is 9.13 Å². The summed E-state index contributed by atoms with van der Waals surface area (Å²) in [6.45, 7) is 7.57. The van der Waals surface area contributed by atoms with Crippen molar-refractivity contribution < 1.29 is 4.74 Å². The van der Waals surface area contributed by atoms with Crippen LogP contribution in [0.3, 0.4) is 0 Å². The first-order chi connectivity index (χ1) is 14.0. The number of hydrogen-bond acceptors (Lipinski definition) is 3. The summed E-state index contributed by atoms with van der Waals surface area (Å²) in [5, 5.41) is 3.06. The van der Waals surface area contributed by atoms with Crippen molar-refractivity contribution in [1.82, 2.24) is 14.1 Å². The Balaban J connectivity index is 0.00000320. The van der Waals surface area contributed by atoms with Crippen molar-refractivity contribution in [1.29, 1.82) is 0 Å². The van der Waals surface area contributed by atoms with E-state index < -0.39 is 0 Å². The molecule has 2 aliphatic heterocycles. The average molecular weight is 410 g/mol. The van der Waals surface area contributed by atoms with Crippen molar-refractivity contribution in [3.8, 4) is 0 Å². The van der Waals surface area contributed by atoms with Gasteiger partial charge in [-0.25, -0.2) is 9.78 Å². The van der Waals surface area contributed by atoms with E-state index in [0.29, 0.717) is 6.61 Å². The summed E-state index contributed by atoms with van der Waals surface area (Å²) in [4.78, 5) is 17.5. The highest BCUT2D eigenvalue weighted by Gasteiger charge is 2.11. The van der Waals surface area contributed by atoms with E-state index in [2.05, 4.69) is 44.2 Å². The van der Waals surface area contributed by atoms with E-state index in [1.54, 1.807) is 16.2 Å². The maximum atomic E-state index is 12.6. The van der Waals surface area contributed by atoms with Crippen molar-refractivity contribution >= 4 is 12.2 Å². The molecule has 5 nitrogen and oxygen atoms in total. The molecule has 0 saturated heterocycles. The monoisotopic (exact) mass is 409 g/mol. The molecule has 5 heteroatoms. The lowest BCUT2D eigenvalue weighted by Crippen LogP contribution is -2.39. The second-order valence-electron chi connectivity index (χ2n) is 7.50. The molecule has 0 amide bonds. The van der Waals surface area contributed by atoms with Gasteiger partial charge in [-0.2, -0.15) is 0 Å². The summed E-state index contributed by atoms with van der Waals surface area (Å²) in [6, 6.07) is 8.56. The number of aromatic nitrogens is 3. The van der Waals surface area contributed by atoms with Crippen molar-refractivity contribution in [2.45, 2.75) is 47.5 Å². The van der Waals surface area contributed by atoms with Crippen molar-refractivity contribution in [3.05, 3.63) is 72.8 Å². The number of benzene rings is 1. The smallest absolute Gasteiger partial charge is 0.329 e. The van der Waals surface area contributed by atoms with Crippen LogP contribution in [0.15, 0.2) is 29.1 Å². The van der Waals surface area contributed by atoms with Gasteiger partial charge in [0.05, 0.1) is 17.6 Å². The third-order valence-corrected chi connectivity index (χ3v) is 5.28. The van der Waals surface area contributed by atoms with Crippen LogP contribution in [0.25, 0.3) is 12.2 Å². The molecular formula is C25H35N3O2. The molecule has 3 rings (SSSR count). The lowest BCUT2D eigenvalue weighted by molar-refractivity contribution is 0.137. The Morgan fingerprint density at radius 2 is 1.93 bits per heavy atom. The summed E-state index contributed by atoms with van der Waals surface area (Å²) >= 11 is 0. The molecule has 2 heterocycles. The standard InChI is InChI=1S/C24H31N3O2.CH4/c1-6-14-29-15-13-20-19(12-11-18-10-8-9-17(3)16-18)22-21(7-2)26(4)24(28)27(5)23(22)25-20;/h7-10,12,16H,6,11,13-15H2,1-5H3;1H4/b19-12+,21-7-;. The predicted molar refractivity (Wildman–Crippen MR) is 124 cm³/mol. The Labute approximate surface area is 179 Å². The molecule has 0 saturated carbocycles. The van der Waals surface area contributed by atoms with Crippen LogP contribution < -0.4 is 16.3 Å². The van der Waals surface area contributed by atoms with E-state index in [0.717, 1.165) is 52.8 Å². The quantitative estimate of drug-likeness (QED) is 0.564. The zero-order chi connectivity index (χ0) is 21.0. The minimum atomic E-state index is -0.0675. The van der Waals surface area contributed by atoms with Crippen LogP contribution in [0.5, 0.6) is 0 Å². The summed E-state index contributed by atoms with van der Waals surface area (Å²) in [6.07, 6.45) is 6.79. The van der Waals surface area contributed by atoms with Gasteiger partial charge in [-0.15, -0.1) is 0 Å². The van der Waals surface area contributed by atoms with Crippen LogP contribution in [0.4, 0.5) is 0 Å². The van der Waals surface area contributed by atoms with Crippen LogP contribution >= 0.6 is 0 Å². The van der Waals surface area contributed by atoms with Crippen molar-refractivity contribution in [2.75, 3.05) is 13.2 Å². The zero-order valence-corrected chi connectivity index (χ0v) is 18.2. The zero-order valence-electron chi connectivity index (χ0n) is 18.2. The number of aryl methyl sites for hydroxylation is 1. The van der Waals surface area contributed by atoms with E-state index in [1.165, 1.54) is 11.1 Å². The van der Waals surface area contributed by atoms with Gasteiger partial charge in [0, 0.05) is 37.6 Å². The van der Waals surface area contributed by atoms with Gasteiger partial charge in [-0.1, -0.05) is 56.3 Å². The van der Waals surface area contributed by atoms with Crippen LogP contribution in [0, 0.1) is 17.6 Å². The van der Waals surface area contributed by atoms with Gasteiger partial charge >= 0.3 is 5.69 Å². The van der Waals surface area contributed by atoms with Gasteiger partial charge in [0.15, 0.2) is 0 Å². The fourth-order valence-electron chi connectivity index (χ4n) is 3.81. The minimum absolute atomic E-state index is 0. The summed E-state index contributed by atoms with van der Waals surface area (Å²) in [5.41, 5.74) is 4.19. The third-order valence-electron chi connectivity index (χ3n) is 5.28. The Hall–Kier alpha value is -2.66. The van der Waals surface area contributed by atoms with Gasteiger partial charge in [0.1, 0.15) is 5.48 Å². The molecule has 1 aromatic carbocycles. The molecule has 0 aliphatic carbocycles. The van der Waals surface area contributed by atoms with E-state index in [9.17, 15) is 4.79 Å². The van der Waals surface area contributed by atoms with Gasteiger partial charge in [-0.05, 0) is 32.3 Å². The maximum absolute atomic E-state index is 12.6. The molecular weight excluding hydrogens is 374 g/mol. The molecule has 0 bridgehead atoms. The van der Waals surface area contributed by atoms with Crippen LogP contribution in [0.1, 0.15) is 44.5 Å². The molecule has 0 fully saturated rings. The Morgan fingerprint density at radius 1 is 1.17 bits per heavy atom. The van der Waals surface area contributed by atoms with Crippen LogP contribution in [-0.4, -0.2) is 27.3 Å². The Morgan fingerprint density at radius 3 is 2.60 bits per heavy atom. The number of rotatable bonds is 7. The summed E-state index contributed by atoms with van der Waals surface area (Å²) in [5.74, 6) is 0. The molecule has 0 atom stereocenters. The lowest BCUT2D eigenvalue weighted by Gasteiger charge is -2.04. The molecule has 0 radical (unpaired) electrons. The predicted octanol–water partition coefficient (Wildman–Crippen LogP) is 2.58. The van der Waals surface area contributed by atoms with Crippen molar-refractivity contribution in [3.63, 3.8) is 0 Å². The first-order valence-corrected chi connectivity index (χ1v) is 10.3. The van der Waals surface area contributed by atoms with E-state index in [1.807, 2.05) is 20.0 Å². The fourth-order valence-corrected chi connectivity index (χ4v) is 3.81. The second-order valence-corrected chi connectivity index (χ2v) is 7.50. The van der Waals surface area contributed by atoms with E-state index in [-0.39, 0.29) is 13.1 Å². The lowest BCUT2D eigenvalue weighted by atomic mass is 10.1. The SMILES string of the molecule is C.C/C=c1/c2/c(=C/Cc3cccc(C)c3)c(CCOCCC)nc=2n(C)c(=O)n1C. The highest BCUT2D eigenvalue weighted by Crippen LogP contribution is 2.05. The first-order valence-electron chi connectivity index (χ1n) is 10.3. The molecule has 0 N–H and O–H groups in total. The highest BCUT2D eigenvalue weighted by molar-refractivity contribution is 5.37. The Bertz CT molecular complexity index is 1240. The largest absolute Gasteiger partial charge is 0.381 e. The van der Waals surface area contributed by atoms with Crippen LogP contribution in [0.2, 0.25) is 0 Å². The van der Waals surface area contributed by atoms with Gasteiger partial charge in [0.2, 0.25) is 0 Å². The second kappa shape index (κ2) is 10.4. The molecule has 0 unspecified atom stereocenters. The number of nitrogens with zero attached hydrogens (tertiary/aromatic N) is 3.